The number of nitrogens with zero attached hydrogens (tertiary/aromatic N) is 4. The summed E-state index contributed by atoms with van der Waals surface area (Å²) in [6, 6.07) is 2.21. The summed E-state index contributed by atoms with van der Waals surface area (Å²) >= 11 is 0. The molecule has 0 fully saturated rings. The lowest BCUT2D eigenvalue weighted by Crippen LogP contribution is -2.04. The van der Waals surface area contributed by atoms with Gasteiger partial charge in [0.05, 0.1) is 11.2 Å². The molecule has 6 heteroatoms. The van der Waals surface area contributed by atoms with Crippen LogP contribution >= 0.6 is 0 Å². The fourth-order valence-electron chi connectivity index (χ4n) is 2.34. The van der Waals surface area contributed by atoms with Crippen molar-refractivity contribution in [1.82, 2.24) is 19.6 Å². The van der Waals surface area contributed by atoms with Crippen LogP contribution in [0.25, 0.3) is 16.7 Å². The summed E-state index contributed by atoms with van der Waals surface area (Å²) in [7, 11) is 0. The molecule has 0 radical (unpaired) electrons. The van der Waals surface area contributed by atoms with E-state index in [1.807, 2.05) is 6.92 Å². The zero-order valence-electron chi connectivity index (χ0n) is 11.5. The lowest BCUT2D eigenvalue weighted by molar-refractivity contribution is 0.510. The Hall–Kier alpha value is -2.11. The summed E-state index contributed by atoms with van der Waals surface area (Å²) in [6.45, 7) is 5.99. The second kappa shape index (κ2) is 4.47. The van der Waals surface area contributed by atoms with Crippen LogP contribution < -0.4 is 0 Å². The van der Waals surface area contributed by atoms with E-state index in [2.05, 4.69) is 29.0 Å². The Kier molecular flexibility index (Phi) is 2.88. The predicted octanol–water partition coefficient (Wildman–Crippen LogP) is 3.06. The summed E-state index contributed by atoms with van der Waals surface area (Å²) in [4.78, 5) is 4.48. The molecule has 2 aromatic heterocycles. The lowest BCUT2D eigenvalue weighted by Gasteiger charge is -2.07. The van der Waals surface area contributed by atoms with Gasteiger partial charge in [-0.3, -0.25) is 4.40 Å². The summed E-state index contributed by atoms with van der Waals surface area (Å²) in [6.07, 6.45) is 0.731. The van der Waals surface area contributed by atoms with Crippen molar-refractivity contribution in [3.05, 3.63) is 35.3 Å². The van der Waals surface area contributed by atoms with Crippen molar-refractivity contribution in [2.24, 2.45) is 5.92 Å². The van der Waals surface area contributed by atoms with Gasteiger partial charge < -0.3 is 0 Å². The maximum Gasteiger partial charge on any atom is 0.182 e. The molecule has 0 atom stereocenters. The molecule has 104 valence electrons. The van der Waals surface area contributed by atoms with Crippen LogP contribution in [0.1, 0.15) is 25.4 Å². The quantitative estimate of drug-likeness (QED) is 0.722. The van der Waals surface area contributed by atoms with E-state index in [0.717, 1.165) is 30.1 Å². The second-order valence-electron chi connectivity index (χ2n) is 5.33. The molecular formula is C14H14F2N4. The minimum absolute atomic E-state index is 0.318. The molecule has 0 aliphatic rings. The van der Waals surface area contributed by atoms with E-state index < -0.39 is 11.6 Å². The Morgan fingerprint density at radius 1 is 1.15 bits per heavy atom. The van der Waals surface area contributed by atoms with E-state index in [1.165, 1.54) is 0 Å². The molecule has 3 rings (SSSR count). The van der Waals surface area contributed by atoms with Crippen molar-refractivity contribution >= 4 is 16.7 Å². The largest absolute Gasteiger partial charge is 0.277 e. The minimum atomic E-state index is -0.923. The predicted molar refractivity (Wildman–Crippen MR) is 71.5 cm³/mol. The van der Waals surface area contributed by atoms with E-state index >= 15 is 0 Å². The van der Waals surface area contributed by atoms with Gasteiger partial charge >= 0.3 is 0 Å². The van der Waals surface area contributed by atoms with E-state index in [9.17, 15) is 8.78 Å². The number of hydrogen-bond donors (Lipinski definition) is 0. The van der Waals surface area contributed by atoms with Gasteiger partial charge in [0, 0.05) is 18.6 Å². The molecule has 0 saturated carbocycles. The number of aryl methyl sites for hydroxylation is 1. The van der Waals surface area contributed by atoms with Crippen LogP contribution in [-0.4, -0.2) is 19.6 Å². The van der Waals surface area contributed by atoms with Gasteiger partial charge in [0.15, 0.2) is 17.3 Å². The number of halogens is 2. The molecule has 0 aliphatic heterocycles. The summed E-state index contributed by atoms with van der Waals surface area (Å²) in [5, 5.41) is 8.02. The molecule has 0 bridgehead atoms. The van der Waals surface area contributed by atoms with Crippen LogP contribution in [0.3, 0.4) is 0 Å². The Morgan fingerprint density at radius 3 is 2.55 bits per heavy atom. The van der Waals surface area contributed by atoms with Crippen LogP contribution in [0.15, 0.2) is 12.1 Å². The first-order valence-corrected chi connectivity index (χ1v) is 6.46. The van der Waals surface area contributed by atoms with Crippen LogP contribution in [0.5, 0.6) is 0 Å². The first-order valence-electron chi connectivity index (χ1n) is 6.46. The van der Waals surface area contributed by atoms with E-state index in [1.54, 1.807) is 4.40 Å². The molecule has 0 amide bonds. The molecule has 0 unspecified atom stereocenters. The van der Waals surface area contributed by atoms with Gasteiger partial charge in [-0.05, 0) is 12.8 Å². The van der Waals surface area contributed by atoms with Gasteiger partial charge in [-0.1, -0.05) is 13.8 Å². The molecule has 20 heavy (non-hydrogen) atoms. The van der Waals surface area contributed by atoms with Crippen LogP contribution in [0, 0.1) is 24.5 Å². The van der Waals surface area contributed by atoms with Gasteiger partial charge in [-0.25, -0.2) is 13.8 Å². The van der Waals surface area contributed by atoms with Gasteiger partial charge in [-0.2, -0.15) is 0 Å². The van der Waals surface area contributed by atoms with E-state index in [0.29, 0.717) is 22.6 Å². The minimum Gasteiger partial charge on any atom is -0.277 e. The molecule has 4 nitrogen and oxygen atoms in total. The molecule has 3 aromatic rings. The number of aromatic nitrogens is 4. The Balaban J connectivity index is 2.41. The topological polar surface area (TPSA) is 43.1 Å². The summed E-state index contributed by atoms with van der Waals surface area (Å²) in [5.74, 6) is -0.631. The van der Waals surface area contributed by atoms with E-state index in [-0.39, 0.29) is 0 Å². The number of fused-ring (bicyclic) bond motifs is 3. The third-order valence-electron chi connectivity index (χ3n) is 3.19. The molecular weight excluding hydrogens is 262 g/mol. The smallest absolute Gasteiger partial charge is 0.182 e. The zero-order valence-corrected chi connectivity index (χ0v) is 11.5. The number of hydrogen-bond acceptors (Lipinski definition) is 3. The summed E-state index contributed by atoms with van der Waals surface area (Å²) in [5.41, 5.74) is 2.13. The molecule has 0 saturated heterocycles. The van der Waals surface area contributed by atoms with Gasteiger partial charge in [-0.15, -0.1) is 10.2 Å². The molecule has 2 heterocycles. The number of benzene rings is 1. The first-order chi connectivity index (χ1) is 9.47. The Labute approximate surface area is 114 Å². The van der Waals surface area contributed by atoms with Gasteiger partial charge in [0.2, 0.25) is 0 Å². The summed E-state index contributed by atoms with van der Waals surface area (Å²) < 4.78 is 28.6. The molecule has 0 aliphatic carbocycles. The lowest BCUT2D eigenvalue weighted by atomic mass is 10.1. The van der Waals surface area contributed by atoms with Crippen LogP contribution in [-0.2, 0) is 6.42 Å². The van der Waals surface area contributed by atoms with Crippen LogP contribution in [0.4, 0.5) is 8.78 Å². The average Bonchev–Trinajstić information content (AvgIpc) is 2.67. The van der Waals surface area contributed by atoms with Crippen molar-refractivity contribution < 1.29 is 8.78 Å². The highest BCUT2D eigenvalue weighted by Gasteiger charge is 2.16. The SMILES string of the molecule is Cc1nc(CC(C)C)n2c1nnc1cc(F)c(F)cc12. The second-order valence-corrected chi connectivity index (χ2v) is 5.33. The highest BCUT2D eigenvalue weighted by atomic mass is 19.2. The molecule has 0 N–H and O–H groups in total. The third kappa shape index (κ3) is 1.92. The van der Waals surface area contributed by atoms with Crippen molar-refractivity contribution in [1.29, 1.82) is 0 Å². The van der Waals surface area contributed by atoms with Crippen molar-refractivity contribution in [3.8, 4) is 0 Å². The van der Waals surface area contributed by atoms with Crippen molar-refractivity contribution in [2.45, 2.75) is 27.2 Å². The standard InChI is InChI=1S/C14H14F2N4/c1-7(2)4-13-17-8(3)14-19-18-11-5-9(15)10(16)6-12(11)20(13)14/h5-7H,4H2,1-3H3. The maximum atomic E-state index is 13.5. The Morgan fingerprint density at radius 2 is 1.85 bits per heavy atom. The maximum absolute atomic E-state index is 13.5. The zero-order chi connectivity index (χ0) is 14.4. The molecule has 0 spiro atoms. The average molecular weight is 276 g/mol. The fraction of sp³-hybridized carbons (Fsp3) is 0.357. The molecule has 1 aromatic carbocycles. The number of rotatable bonds is 2. The highest BCUT2D eigenvalue weighted by Crippen LogP contribution is 2.21. The van der Waals surface area contributed by atoms with Crippen molar-refractivity contribution in [3.63, 3.8) is 0 Å². The monoisotopic (exact) mass is 276 g/mol. The van der Waals surface area contributed by atoms with Crippen LogP contribution in [0.2, 0.25) is 0 Å². The third-order valence-corrected chi connectivity index (χ3v) is 3.19. The van der Waals surface area contributed by atoms with Gasteiger partial charge in [0.1, 0.15) is 11.3 Å². The van der Waals surface area contributed by atoms with E-state index in [4.69, 9.17) is 0 Å². The highest BCUT2D eigenvalue weighted by molar-refractivity contribution is 5.77. The van der Waals surface area contributed by atoms with Crippen molar-refractivity contribution in [2.75, 3.05) is 0 Å². The normalized spacial score (nSPS) is 11.9. The first kappa shape index (κ1) is 12.9. The number of imidazole rings is 1. The van der Waals surface area contributed by atoms with Gasteiger partial charge in [0.25, 0.3) is 0 Å². The Bertz CT molecular complexity index is 808. The fourth-order valence-corrected chi connectivity index (χ4v) is 2.34.